The van der Waals surface area contributed by atoms with Crippen LogP contribution in [0.3, 0.4) is 0 Å². The Labute approximate surface area is 153 Å². The predicted molar refractivity (Wildman–Crippen MR) is 97.8 cm³/mol. The number of benzene rings is 2. The SMILES string of the molecule is O=C(OCc1ccccc1)N1CCOC(CNCc2ccc(O)cc2)C1. The van der Waals surface area contributed by atoms with E-state index in [2.05, 4.69) is 5.32 Å². The topological polar surface area (TPSA) is 71.0 Å². The van der Waals surface area contributed by atoms with Crippen molar-refractivity contribution in [1.29, 1.82) is 0 Å². The van der Waals surface area contributed by atoms with E-state index in [0.29, 0.717) is 32.8 Å². The minimum Gasteiger partial charge on any atom is -0.508 e. The number of nitrogens with zero attached hydrogens (tertiary/aromatic N) is 1. The number of rotatable bonds is 6. The van der Waals surface area contributed by atoms with Crippen molar-refractivity contribution >= 4 is 6.09 Å². The second-order valence-electron chi connectivity index (χ2n) is 6.28. The van der Waals surface area contributed by atoms with Crippen LogP contribution in [-0.4, -0.2) is 48.4 Å². The molecule has 3 rings (SSSR count). The number of hydrogen-bond acceptors (Lipinski definition) is 5. The molecule has 6 nitrogen and oxygen atoms in total. The van der Waals surface area contributed by atoms with Crippen LogP contribution in [0.1, 0.15) is 11.1 Å². The molecule has 0 aromatic heterocycles. The Balaban J connectivity index is 1.40. The quantitative estimate of drug-likeness (QED) is 0.832. The van der Waals surface area contributed by atoms with Gasteiger partial charge in [0.05, 0.1) is 19.3 Å². The Morgan fingerprint density at radius 3 is 2.69 bits per heavy atom. The van der Waals surface area contributed by atoms with Gasteiger partial charge in [0.15, 0.2) is 0 Å². The van der Waals surface area contributed by atoms with E-state index in [-0.39, 0.29) is 24.6 Å². The molecule has 2 aromatic rings. The van der Waals surface area contributed by atoms with Gasteiger partial charge >= 0.3 is 6.09 Å². The molecule has 26 heavy (non-hydrogen) atoms. The van der Waals surface area contributed by atoms with Gasteiger partial charge in [-0.1, -0.05) is 42.5 Å². The summed E-state index contributed by atoms with van der Waals surface area (Å²) in [6.07, 6.45) is -0.370. The summed E-state index contributed by atoms with van der Waals surface area (Å²) in [7, 11) is 0. The number of carbonyl (C=O) groups excluding carboxylic acids is 1. The molecule has 1 aliphatic heterocycles. The molecule has 1 fully saturated rings. The van der Waals surface area contributed by atoms with Crippen LogP contribution in [0.2, 0.25) is 0 Å². The van der Waals surface area contributed by atoms with Crippen molar-refractivity contribution in [2.75, 3.05) is 26.2 Å². The Hall–Kier alpha value is -2.57. The Bertz CT molecular complexity index is 691. The van der Waals surface area contributed by atoms with E-state index < -0.39 is 0 Å². The van der Waals surface area contributed by atoms with Gasteiger partial charge in [-0.2, -0.15) is 0 Å². The third kappa shape index (κ3) is 5.47. The fraction of sp³-hybridized carbons (Fsp3) is 0.350. The zero-order chi connectivity index (χ0) is 18.2. The third-order valence-electron chi connectivity index (χ3n) is 4.24. The largest absolute Gasteiger partial charge is 0.508 e. The van der Waals surface area contributed by atoms with E-state index in [1.807, 2.05) is 42.5 Å². The lowest BCUT2D eigenvalue weighted by Crippen LogP contribution is -2.49. The summed E-state index contributed by atoms with van der Waals surface area (Å²) >= 11 is 0. The van der Waals surface area contributed by atoms with Crippen molar-refractivity contribution in [2.45, 2.75) is 19.3 Å². The number of phenolic OH excluding ortho intramolecular Hbond substituents is 1. The van der Waals surface area contributed by atoms with Gasteiger partial charge in [-0.25, -0.2) is 4.79 Å². The van der Waals surface area contributed by atoms with Crippen molar-refractivity contribution in [1.82, 2.24) is 10.2 Å². The Morgan fingerprint density at radius 2 is 1.92 bits per heavy atom. The van der Waals surface area contributed by atoms with E-state index in [1.165, 1.54) is 0 Å². The molecule has 0 aliphatic carbocycles. The number of nitrogens with one attached hydrogen (secondary N) is 1. The van der Waals surface area contributed by atoms with E-state index in [4.69, 9.17) is 9.47 Å². The smallest absolute Gasteiger partial charge is 0.410 e. The van der Waals surface area contributed by atoms with Gasteiger partial charge in [-0.15, -0.1) is 0 Å². The fourth-order valence-corrected chi connectivity index (χ4v) is 2.81. The van der Waals surface area contributed by atoms with E-state index in [9.17, 15) is 9.90 Å². The summed E-state index contributed by atoms with van der Waals surface area (Å²) in [5.74, 6) is 0.258. The van der Waals surface area contributed by atoms with E-state index >= 15 is 0 Å². The van der Waals surface area contributed by atoms with Crippen molar-refractivity contribution in [3.63, 3.8) is 0 Å². The minimum atomic E-state index is -0.305. The van der Waals surface area contributed by atoms with Crippen molar-refractivity contribution in [3.05, 3.63) is 65.7 Å². The molecule has 138 valence electrons. The van der Waals surface area contributed by atoms with Crippen LogP contribution in [0.5, 0.6) is 5.75 Å². The number of amides is 1. The van der Waals surface area contributed by atoms with Crippen molar-refractivity contribution < 1.29 is 19.4 Å². The summed E-state index contributed by atoms with van der Waals surface area (Å²) in [4.78, 5) is 13.9. The standard InChI is InChI=1S/C20H24N2O4/c23-18-8-6-16(7-9-18)12-21-13-19-14-22(10-11-25-19)20(24)26-15-17-4-2-1-3-5-17/h1-9,19,21,23H,10-15H2. The molecule has 1 saturated heterocycles. The molecule has 0 saturated carbocycles. The third-order valence-corrected chi connectivity index (χ3v) is 4.24. The van der Waals surface area contributed by atoms with Gasteiger partial charge in [-0.05, 0) is 23.3 Å². The summed E-state index contributed by atoms with van der Waals surface area (Å²) < 4.78 is 11.1. The second kappa shape index (κ2) is 9.22. The van der Waals surface area contributed by atoms with E-state index in [1.54, 1.807) is 17.0 Å². The lowest BCUT2D eigenvalue weighted by Gasteiger charge is -2.32. The van der Waals surface area contributed by atoms with E-state index in [0.717, 1.165) is 11.1 Å². The molecule has 1 heterocycles. The highest BCUT2D eigenvalue weighted by Gasteiger charge is 2.25. The maximum Gasteiger partial charge on any atom is 0.410 e. The summed E-state index contributed by atoms with van der Waals surface area (Å²) in [5.41, 5.74) is 2.05. The van der Waals surface area contributed by atoms with Crippen molar-refractivity contribution in [2.24, 2.45) is 0 Å². The van der Waals surface area contributed by atoms with Crippen LogP contribution in [0, 0.1) is 0 Å². The molecular formula is C20H24N2O4. The Kier molecular flexibility index (Phi) is 6.46. The number of morpholine rings is 1. The first-order valence-corrected chi connectivity index (χ1v) is 8.76. The maximum atomic E-state index is 12.2. The summed E-state index contributed by atoms with van der Waals surface area (Å²) in [6.45, 7) is 3.16. The second-order valence-corrected chi connectivity index (χ2v) is 6.28. The fourth-order valence-electron chi connectivity index (χ4n) is 2.81. The van der Waals surface area contributed by atoms with Crippen LogP contribution in [0.15, 0.2) is 54.6 Å². The van der Waals surface area contributed by atoms with Gasteiger partial charge < -0.3 is 24.8 Å². The molecule has 1 amide bonds. The van der Waals surface area contributed by atoms with Crippen molar-refractivity contribution in [3.8, 4) is 5.75 Å². The molecule has 0 radical (unpaired) electrons. The van der Waals surface area contributed by atoms with Gasteiger partial charge in [0.2, 0.25) is 0 Å². The highest BCUT2D eigenvalue weighted by atomic mass is 16.6. The molecule has 1 atom stereocenters. The first-order valence-electron chi connectivity index (χ1n) is 8.76. The highest BCUT2D eigenvalue weighted by Crippen LogP contribution is 2.11. The van der Waals surface area contributed by atoms with Gasteiger partial charge in [0.1, 0.15) is 12.4 Å². The number of ether oxygens (including phenoxy) is 2. The zero-order valence-corrected chi connectivity index (χ0v) is 14.6. The molecule has 6 heteroatoms. The molecule has 2 N–H and O–H groups in total. The normalized spacial score (nSPS) is 17.1. The molecule has 1 unspecified atom stereocenters. The lowest BCUT2D eigenvalue weighted by molar-refractivity contribution is -0.0271. The summed E-state index contributed by atoms with van der Waals surface area (Å²) in [5, 5.41) is 12.6. The molecule has 0 spiro atoms. The van der Waals surface area contributed by atoms with Gasteiger partial charge in [0, 0.05) is 19.6 Å². The summed E-state index contributed by atoms with van der Waals surface area (Å²) in [6, 6.07) is 16.7. The van der Waals surface area contributed by atoms with Crippen LogP contribution in [-0.2, 0) is 22.6 Å². The molecule has 0 bridgehead atoms. The van der Waals surface area contributed by atoms with Crippen LogP contribution >= 0.6 is 0 Å². The number of carbonyl (C=O) groups is 1. The Morgan fingerprint density at radius 1 is 1.15 bits per heavy atom. The molecule has 2 aromatic carbocycles. The number of aromatic hydroxyl groups is 1. The maximum absolute atomic E-state index is 12.2. The van der Waals surface area contributed by atoms with Crippen LogP contribution in [0.4, 0.5) is 4.79 Å². The van der Waals surface area contributed by atoms with Crippen LogP contribution < -0.4 is 5.32 Å². The van der Waals surface area contributed by atoms with Gasteiger partial charge in [-0.3, -0.25) is 0 Å². The first kappa shape index (κ1) is 18.2. The average Bonchev–Trinajstić information content (AvgIpc) is 2.69. The number of phenols is 1. The molecular weight excluding hydrogens is 332 g/mol. The average molecular weight is 356 g/mol. The lowest BCUT2D eigenvalue weighted by atomic mass is 10.2. The highest BCUT2D eigenvalue weighted by molar-refractivity contribution is 5.67. The van der Waals surface area contributed by atoms with Gasteiger partial charge in [0.25, 0.3) is 0 Å². The number of hydrogen-bond donors (Lipinski definition) is 2. The van der Waals surface area contributed by atoms with Crippen LogP contribution in [0.25, 0.3) is 0 Å². The monoisotopic (exact) mass is 356 g/mol. The molecule has 1 aliphatic rings. The zero-order valence-electron chi connectivity index (χ0n) is 14.6. The minimum absolute atomic E-state index is 0.0647. The predicted octanol–water partition coefficient (Wildman–Crippen LogP) is 2.52. The first-order chi connectivity index (χ1) is 12.7.